The first-order chi connectivity index (χ1) is 10.8. The van der Waals surface area contributed by atoms with E-state index in [0.717, 1.165) is 56.9 Å². The van der Waals surface area contributed by atoms with Crippen LogP contribution in [0.3, 0.4) is 0 Å². The monoisotopic (exact) mass is 323 g/mol. The molecule has 4 nitrogen and oxygen atoms in total. The molecular weight excluding hydrogens is 302 g/mol. The molecule has 2 saturated heterocycles. The highest BCUT2D eigenvalue weighted by molar-refractivity contribution is 6.28. The number of hydrogen-bond donors (Lipinski definition) is 0. The third-order valence-corrected chi connectivity index (χ3v) is 4.66. The lowest BCUT2D eigenvalue weighted by atomic mass is 10.1. The van der Waals surface area contributed by atoms with E-state index in [9.17, 15) is 4.79 Å². The van der Waals surface area contributed by atoms with Crippen LogP contribution in [0, 0.1) is 0 Å². The van der Waals surface area contributed by atoms with Crippen LogP contribution < -0.4 is 9.64 Å². The molecule has 0 spiro atoms. The minimum atomic E-state index is -0.0697. The fourth-order valence-electron chi connectivity index (χ4n) is 3.20. The van der Waals surface area contributed by atoms with Crippen molar-refractivity contribution in [1.82, 2.24) is 0 Å². The van der Waals surface area contributed by atoms with Crippen molar-refractivity contribution in [3.05, 3.63) is 24.3 Å². The van der Waals surface area contributed by atoms with Crippen LogP contribution in [0.2, 0.25) is 0 Å². The highest BCUT2D eigenvalue weighted by Gasteiger charge is 2.30. The molecule has 0 radical (unpaired) electrons. The Labute approximate surface area is 136 Å². The van der Waals surface area contributed by atoms with Crippen molar-refractivity contribution in [1.29, 1.82) is 0 Å². The summed E-state index contributed by atoms with van der Waals surface area (Å²) in [5, 5.41) is 0. The van der Waals surface area contributed by atoms with E-state index >= 15 is 0 Å². The van der Waals surface area contributed by atoms with Crippen molar-refractivity contribution in [2.75, 3.05) is 30.5 Å². The molecule has 0 N–H and O–H groups in total. The molecule has 5 heteroatoms. The molecule has 1 aromatic rings. The number of nitrogens with zero attached hydrogens (tertiary/aromatic N) is 1. The second-order valence-corrected chi connectivity index (χ2v) is 6.14. The van der Waals surface area contributed by atoms with Crippen LogP contribution in [-0.2, 0) is 9.53 Å². The van der Waals surface area contributed by atoms with Crippen LogP contribution in [-0.4, -0.2) is 43.6 Å². The summed E-state index contributed by atoms with van der Waals surface area (Å²) in [6, 6.07) is 7.99. The molecule has 0 unspecified atom stereocenters. The van der Waals surface area contributed by atoms with E-state index in [-0.39, 0.29) is 23.8 Å². The van der Waals surface area contributed by atoms with Crippen LogP contribution in [0.15, 0.2) is 24.3 Å². The number of alkyl halides is 1. The minimum Gasteiger partial charge on any atom is -0.490 e. The van der Waals surface area contributed by atoms with Gasteiger partial charge in [0.05, 0.1) is 25.1 Å². The Hall–Kier alpha value is -1.26. The van der Waals surface area contributed by atoms with E-state index < -0.39 is 0 Å². The Morgan fingerprint density at radius 1 is 1.23 bits per heavy atom. The van der Waals surface area contributed by atoms with Gasteiger partial charge in [0.2, 0.25) is 0 Å². The third-order valence-electron chi connectivity index (χ3n) is 4.40. The predicted molar refractivity (Wildman–Crippen MR) is 87.0 cm³/mol. The summed E-state index contributed by atoms with van der Waals surface area (Å²) in [5.41, 5.74) is 1.07. The summed E-state index contributed by atoms with van der Waals surface area (Å²) in [5.74, 6) is 1.09. The number of benzene rings is 1. The van der Waals surface area contributed by atoms with Gasteiger partial charge in [-0.25, -0.2) is 0 Å². The van der Waals surface area contributed by atoms with Crippen LogP contribution in [0.25, 0.3) is 0 Å². The number of rotatable bonds is 5. The van der Waals surface area contributed by atoms with Gasteiger partial charge in [-0.2, -0.15) is 0 Å². The second-order valence-electron chi connectivity index (χ2n) is 5.87. The molecule has 120 valence electrons. The molecule has 0 saturated carbocycles. The third kappa shape index (κ3) is 3.55. The van der Waals surface area contributed by atoms with E-state index in [4.69, 9.17) is 21.1 Å². The predicted octanol–water partition coefficient (Wildman–Crippen LogP) is 3.02. The molecule has 0 amide bonds. The summed E-state index contributed by atoms with van der Waals surface area (Å²) in [4.78, 5) is 14.1. The van der Waals surface area contributed by atoms with Gasteiger partial charge in [-0.05, 0) is 37.1 Å². The van der Waals surface area contributed by atoms with E-state index in [1.165, 1.54) is 0 Å². The number of anilines is 1. The maximum absolute atomic E-state index is 11.9. The lowest BCUT2D eigenvalue weighted by Crippen LogP contribution is -2.36. The van der Waals surface area contributed by atoms with Crippen LogP contribution >= 0.6 is 11.6 Å². The van der Waals surface area contributed by atoms with Gasteiger partial charge in [-0.3, -0.25) is 4.79 Å². The molecule has 1 atom stereocenters. The summed E-state index contributed by atoms with van der Waals surface area (Å²) in [6.07, 6.45) is 4.07. The lowest BCUT2D eigenvalue weighted by Gasteiger charge is -2.26. The van der Waals surface area contributed by atoms with Crippen molar-refractivity contribution in [2.45, 2.75) is 37.8 Å². The van der Waals surface area contributed by atoms with Crippen molar-refractivity contribution in [3.63, 3.8) is 0 Å². The van der Waals surface area contributed by atoms with Crippen molar-refractivity contribution >= 4 is 23.1 Å². The van der Waals surface area contributed by atoms with Gasteiger partial charge in [0.1, 0.15) is 11.9 Å². The van der Waals surface area contributed by atoms with Crippen molar-refractivity contribution in [3.8, 4) is 5.75 Å². The quantitative estimate of drug-likeness (QED) is 0.781. The molecule has 2 heterocycles. The van der Waals surface area contributed by atoms with E-state index in [0.29, 0.717) is 0 Å². The number of carbonyl (C=O) groups is 1. The maximum atomic E-state index is 11.9. The molecule has 1 aromatic carbocycles. The molecule has 2 aliphatic rings. The van der Waals surface area contributed by atoms with Gasteiger partial charge < -0.3 is 14.4 Å². The van der Waals surface area contributed by atoms with Crippen molar-refractivity contribution in [2.24, 2.45) is 0 Å². The lowest BCUT2D eigenvalue weighted by molar-refractivity contribution is -0.117. The molecule has 2 aliphatic heterocycles. The average molecular weight is 324 g/mol. The highest BCUT2D eigenvalue weighted by Crippen LogP contribution is 2.28. The Kier molecular flexibility index (Phi) is 5.21. The smallest absolute Gasteiger partial charge is 0.169 e. The normalized spacial score (nSPS) is 22.8. The first-order valence-electron chi connectivity index (χ1n) is 7.97. The van der Waals surface area contributed by atoms with Gasteiger partial charge in [-0.1, -0.05) is 0 Å². The summed E-state index contributed by atoms with van der Waals surface area (Å²) >= 11 is 5.71. The fraction of sp³-hybridized carbons (Fsp3) is 0.588. The number of halogens is 1. The van der Waals surface area contributed by atoms with Gasteiger partial charge in [0.15, 0.2) is 5.78 Å². The van der Waals surface area contributed by atoms with Crippen LogP contribution in [0.1, 0.15) is 25.7 Å². The fourth-order valence-corrected chi connectivity index (χ4v) is 3.38. The van der Waals surface area contributed by atoms with Crippen LogP contribution in [0.4, 0.5) is 5.69 Å². The summed E-state index contributed by atoms with van der Waals surface area (Å²) in [6.45, 7) is 2.46. The Morgan fingerprint density at radius 2 is 1.95 bits per heavy atom. The van der Waals surface area contributed by atoms with E-state index in [2.05, 4.69) is 4.90 Å². The Balaban J connectivity index is 1.64. The maximum Gasteiger partial charge on any atom is 0.169 e. The standard InChI is InChI=1S/C17H22ClNO3/c18-12-17(20)16-2-1-9-19(16)13-3-5-14(6-4-13)22-15-7-10-21-11-8-15/h3-6,15-16H,1-2,7-12H2/t16-/m1/s1. The zero-order valence-electron chi connectivity index (χ0n) is 12.7. The number of carbonyl (C=O) groups excluding carboxylic acids is 1. The van der Waals surface area contributed by atoms with E-state index in [1.54, 1.807) is 0 Å². The van der Waals surface area contributed by atoms with Gasteiger partial charge in [0, 0.05) is 25.1 Å². The van der Waals surface area contributed by atoms with Gasteiger partial charge in [-0.15, -0.1) is 11.6 Å². The van der Waals surface area contributed by atoms with Crippen molar-refractivity contribution < 1.29 is 14.3 Å². The molecule has 0 bridgehead atoms. The first-order valence-corrected chi connectivity index (χ1v) is 8.51. The number of Topliss-reactive ketones (excluding diaryl/α,β-unsaturated/α-hetero) is 1. The number of ether oxygens (including phenoxy) is 2. The molecule has 0 aliphatic carbocycles. The second kappa shape index (κ2) is 7.34. The van der Waals surface area contributed by atoms with Gasteiger partial charge in [0.25, 0.3) is 0 Å². The van der Waals surface area contributed by atoms with Crippen LogP contribution in [0.5, 0.6) is 5.75 Å². The van der Waals surface area contributed by atoms with E-state index in [1.807, 2.05) is 24.3 Å². The first kappa shape index (κ1) is 15.6. The molecule has 2 fully saturated rings. The number of hydrogen-bond acceptors (Lipinski definition) is 4. The molecule has 22 heavy (non-hydrogen) atoms. The highest BCUT2D eigenvalue weighted by atomic mass is 35.5. The Bertz CT molecular complexity index is 499. The zero-order chi connectivity index (χ0) is 15.4. The summed E-state index contributed by atoms with van der Waals surface area (Å²) < 4.78 is 11.3. The topological polar surface area (TPSA) is 38.8 Å². The molecular formula is C17H22ClNO3. The SMILES string of the molecule is O=C(CCl)[C@H]1CCCN1c1ccc(OC2CCOCC2)cc1. The number of ketones is 1. The summed E-state index contributed by atoms with van der Waals surface area (Å²) in [7, 11) is 0. The molecule has 3 rings (SSSR count). The van der Waals surface area contributed by atoms with Gasteiger partial charge >= 0.3 is 0 Å². The molecule has 0 aromatic heterocycles. The zero-order valence-corrected chi connectivity index (χ0v) is 13.4. The average Bonchev–Trinajstić information content (AvgIpc) is 3.05. The largest absolute Gasteiger partial charge is 0.490 e. The minimum absolute atomic E-state index is 0.0697. The Morgan fingerprint density at radius 3 is 2.64 bits per heavy atom.